The molecule has 3 fully saturated rings. The summed E-state index contributed by atoms with van der Waals surface area (Å²) in [7, 11) is 1.61. The van der Waals surface area contributed by atoms with Crippen molar-refractivity contribution in [1.29, 1.82) is 0 Å². The molecule has 0 aliphatic carbocycles. The van der Waals surface area contributed by atoms with Crippen molar-refractivity contribution < 1.29 is 72.9 Å². The first-order valence-electron chi connectivity index (χ1n) is 31.2. The number of nitrogens with one attached hydrogen (secondary N) is 3. The maximum atomic E-state index is 14.0. The Morgan fingerprint density at radius 2 is 0.760 bits per heavy atom. The minimum atomic E-state index is -1.94. The molecule has 0 spiro atoms. The maximum Gasteiger partial charge on any atom is 0.254 e. The summed E-state index contributed by atoms with van der Waals surface area (Å²) in [5.74, 6) is -5.15. The molecule has 516 valence electrons. The number of halogens is 5. The fourth-order valence-corrected chi connectivity index (χ4v) is 11.6. The van der Waals surface area contributed by atoms with E-state index in [0.29, 0.717) is 52.4 Å². The van der Waals surface area contributed by atoms with Gasteiger partial charge in [0, 0.05) is 115 Å². The van der Waals surface area contributed by atoms with Crippen LogP contribution in [0.4, 0.5) is 25.8 Å². The van der Waals surface area contributed by atoms with E-state index in [1.165, 1.54) is 31.9 Å². The Hall–Kier alpha value is -7.60. The number of nitrogens with zero attached hydrogens (tertiary/aromatic N) is 6. The highest BCUT2D eigenvalue weighted by atomic mass is 79.9. The van der Waals surface area contributed by atoms with Crippen LogP contribution in [0.3, 0.4) is 0 Å². The minimum absolute atomic E-state index is 0.149. The normalized spacial score (nSPS) is 16.9. The Bertz CT molecular complexity index is 3600. The number of aryl methyl sites for hydroxylation is 2. The van der Waals surface area contributed by atoms with E-state index in [-0.39, 0.29) is 44.0 Å². The van der Waals surface area contributed by atoms with Gasteiger partial charge in [0.1, 0.15) is 17.4 Å². The zero-order chi connectivity index (χ0) is 70.1. The van der Waals surface area contributed by atoms with Crippen LogP contribution in [-0.4, -0.2) is 203 Å². The summed E-state index contributed by atoms with van der Waals surface area (Å²) in [4.78, 5) is 85.3. The van der Waals surface area contributed by atoms with E-state index in [2.05, 4.69) is 106 Å². The van der Waals surface area contributed by atoms with Crippen LogP contribution in [0.2, 0.25) is 0 Å². The molecule has 0 bridgehead atoms. The fourth-order valence-electron chi connectivity index (χ4n) is 10.8. The van der Waals surface area contributed by atoms with Gasteiger partial charge in [-0.05, 0) is 135 Å². The van der Waals surface area contributed by atoms with Gasteiger partial charge in [-0.3, -0.25) is 28.8 Å². The van der Waals surface area contributed by atoms with Gasteiger partial charge in [-0.2, -0.15) is 0 Å². The third-order valence-corrected chi connectivity index (χ3v) is 18.5. The number of rotatable bonds is 19. The largest absolute Gasteiger partial charge is 0.497 e. The van der Waals surface area contributed by atoms with Crippen LogP contribution in [-0.2, 0) is 28.8 Å². The Labute approximate surface area is 582 Å². The molecule has 3 saturated heterocycles. The summed E-state index contributed by atoms with van der Waals surface area (Å²) in [5.41, 5.74) is 7.22. The Morgan fingerprint density at radius 1 is 0.417 bits per heavy atom. The number of piperazine rings is 3. The minimum Gasteiger partial charge on any atom is -0.497 e. The molecule has 6 amide bonds. The lowest BCUT2D eigenvalue weighted by Crippen LogP contribution is -2.56. The number of amides is 6. The number of aliphatic hydroxyl groups excluding tert-OH is 6. The number of hydrogen-bond acceptors (Lipinski definition) is 16. The number of carbonyl (C=O) groups excluding carboxylic acids is 6. The number of hydrogen-bond donors (Lipinski definition) is 9. The fraction of sp³-hybridized carbons (Fsp3) is 0.391. The zero-order valence-electron chi connectivity index (χ0n) is 54.0. The number of ether oxygens (including phenoxy) is 1. The molecule has 27 heteroatoms. The molecule has 3 heterocycles. The number of carbonyl (C=O) groups is 6. The van der Waals surface area contributed by atoms with Crippen LogP contribution in [0.1, 0.15) is 66.7 Å². The van der Waals surface area contributed by atoms with E-state index in [9.17, 15) is 68.2 Å². The van der Waals surface area contributed by atoms with E-state index in [1.807, 2.05) is 84.9 Å². The summed E-state index contributed by atoms with van der Waals surface area (Å²) in [6.45, 7) is 14.1. The second-order valence-corrected chi connectivity index (χ2v) is 26.3. The Morgan fingerprint density at radius 3 is 1.09 bits per heavy atom. The number of anilines is 3. The van der Waals surface area contributed by atoms with Crippen LogP contribution in [0.25, 0.3) is 0 Å². The smallest absolute Gasteiger partial charge is 0.254 e. The summed E-state index contributed by atoms with van der Waals surface area (Å²) >= 11 is 10.0. The van der Waals surface area contributed by atoms with Crippen LogP contribution >= 0.6 is 47.8 Å². The van der Waals surface area contributed by atoms with Crippen molar-refractivity contribution in [3.8, 4) is 5.75 Å². The van der Waals surface area contributed by atoms with E-state index >= 15 is 0 Å². The van der Waals surface area contributed by atoms with Crippen LogP contribution < -0.4 is 35.4 Å². The highest BCUT2D eigenvalue weighted by Gasteiger charge is 2.38. The highest BCUT2D eigenvalue weighted by Crippen LogP contribution is 2.27. The molecular weight excluding hydrogens is 1440 g/mol. The van der Waals surface area contributed by atoms with Gasteiger partial charge >= 0.3 is 0 Å². The van der Waals surface area contributed by atoms with Gasteiger partial charge in [0.2, 0.25) is 0 Å². The molecule has 6 aromatic rings. The molecule has 0 radical (unpaired) electrons. The molecule has 6 aromatic carbocycles. The lowest BCUT2D eigenvalue weighted by molar-refractivity contribution is -0.153. The molecule has 9 atom stereocenters. The van der Waals surface area contributed by atoms with Crippen LogP contribution in [0, 0.1) is 25.5 Å². The molecule has 22 nitrogen and oxygen atoms in total. The first-order valence-corrected chi connectivity index (χ1v) is 33.6. The van der Waals surface area contributed by atoms with E-state index in [4.69, 9.17) is 4.74 Å². The highest BCUT2D eigenvalue weighted by molar-refractivity contribution is 9.11. The van der Waals surface area contributed by atoms with Gasteiger partial charge in [-0.25, -0.2) is 8.78 Å². The van der Waals surface area contributed by atoms with Crippen LogP contribution in [0.5, 0.6) is 5.75 Å². The molecule has 0 saturated carbocycles. The Balaban J connectivity index is 0.000000203. The van der Waals surface area contributed by atoms with Gasteiger partial charge in [-0.1, -0.05) is 96.3 Å². The van der Waals surface area contributed by atoms with Crippen molar-refractivity contribution in [2.24, 2.45) is 0 Å². The average molecular weight is 1520 g/mol. The average Bonchev–Trinajstić information content (AvgIpc) is 0.880. The summed E-state index contributed by atoms with van der Waals surface area (Å²) in [6, 6.07) is 38.0. The maximum absolute atomic E-state index is 14.0. The van der Waals surface area contributed by atoms with Gasteiger partial charge in [0.25, 0.3) is 35.4 Å². The van der Waals surface area contributed by atoms with E-state index in [1.54, 1.807) is 44.9 Å². The van der Waals surface area contributed by atoms with E-state index < -0.39 is 89.7 Å². The lowest BCUT2D eigenvalue weighted by Gasteiger charge is -2.37. The standard InChI is InChI=1S/C24H30BrN3O4.C23H28BrN3O5.C22H24BrF2N3O4/c1-15-4-9-20(14-16(15)2)27-10-12-28(13-11-27)24(32)22(30)21(29)23(31)26-17(3)18-5-7-19(25)8-6-18;1-15(16-6-8-17(24)9-7-16)25-22(30)20(28)21(29)23(31)27-12-10-26(11-13-27)18-4-3-5-19(14-18)32-2;1-13(14-2-4-15(23)5-3-14)26-21(31)19(29)20(30)22(32)28-10-8-27(9-11-28)18-7-6-16(24)12-17(18)25/h4-9,14,17,21-22,29-30H,10-13H2,1-3H3,(H,26,31);3-9,14-15,20-21,28-29H,10-13H2,1-2H3,(H,25,30);2-7,12-13,19-20,29-30H,8-11H2,1H3,(H,26,31)/t17-,21+,22+;15-,20+,21+;13-,19+,20+/m000/s1. The molecule has 9 rings (SSSR count). The number of benzene rings is 6. The SMILES string of the molecule is COc1cccc(N2CCN(C(=O)[C@H](O)[C@@H](O)C(=O)N[C@@H](C)c3ccc(Br)cc3)CC2)c1.C[C@H](NC(=O)[C@H](O)[C@@H](O)C(=O)N1CCN(c2ccc(F)cc2F)CC1)c1ccc(Br)cc1.Cc1ccc(N2CCN(C(=O)[C@H](O)[C@@H](O)C(=O)N[C@@H](C)c3ccc(Br)cc3)CC2)cc1C. The van der Waals surface area contributed by atoms with Crippen molar-refractivity contribution >= 4 is 100 Å². The summed E-state index contributed by atoms with van der Waals surface area (Å²) < 4.78 is 35.0. The first kappa shape index (κ1) is 75.8. The first-order chi connectivity index (χ1) is 45.6. The molecule has 96 heavy (non-hydrogen) atoms. The van der Waals surface area contributed by atoms with Crippen molar-refractivity contribution in [3.63, 3.8) is 0 Å². The zero-order valence-corrected chi connectivity index (χ0v) is 58.8. The lowest BCUT2D eigenvalue weighted by atomic mass is 10.1. The second-order valence-electron chi connectivity index (χ2n) is 23.5. The summed E-state index contributed by atoms with van der Waals surface area (Å²) in [6.07, 6.45) is -11.2. The molecule has 3 aliphatic rings. The van der Waals surface area contributed by atoms with Gasteiger partial charge in [0.15, 0.2) is 36.6 Å². The Kier molecular flexibility index (Phi) is 28.1. The third-order valence-electron chi connectivity index (χ3n) is 16.9. The number of aliphatic hydroxyl groups is 6. The van der Waals surface area contributed by atoms with Crippen molar-refractivity contribution in [2.45, 2.75) is 89.4 Å². The quantitative estimate of drug-likeness (QED) is 0.0450. The van der Waals surface area contributed by atoms with Crippen molar-refractivity contribution in [1.82, 2.24) is 30.7 Å². The molecular formula is C69H82Br3F2N9O13. The third kappa shape index (κ3) is 20.7. The van der Waals surface area contributed by atoms with Gasteiger partial charge in [-0.15, -0.1) is 0 Å². The van der Waals surface area contributed by atoms with Crippen molar-refractivity contribution in [3.05, 3.63) is 186 Å². The predicted molar refractivity (Wildman–Crippen MR) is 370 cm³/mol. The van der Waals surface area contributed by atoms with Crippen LogP contribution in [0.15, 0.2) is 147 Å². The molecule has 9 N–H and O–H groups in total. The monoisotopic (exact) mass is 1520 g/mol. The molecule has 3 aliphatic heterocycles. The molecule has 0 unspecified atom stereocenters. The van der Waals surface area contributed by atoms with Gasteiger partial charge < -0.3 is 80.7 Å². The predicted octanol–water partition coefficient (Wildman–Crippen LogP) is 5.99. The molecule has 0 aromatic heterocycles. The summed E-state index contributed by atoms with van der Waals surface area (Å²) in [5, 5.41) is 69.6. The second kappa shape index (κ2) is 35.6. The topological polar surface area (TPSA) is 289 Å². The van der Waals surface area contributed by atoms with Gasteiger partial charge in [0.05, 0.1) is 30.9 Å². The van der Waals surface area contributed by atoms with E-state index in [0.717, 1.165) is 59.4 Å². The number of methoxy groups -OCH3 is 1. The van der Waals surface area contributed by atoms with Crippen molar-refractivity contribution in [2.75, 3.05) is 100 Å².